The molecular weight excluding hydrogens is 329 g/mol. The third-order valence-electron chi connectivity index (χ3n) is 5.55. The number of hydrogen-bond donors (Lipinski definition) is 0. The Morgan fingerprint density at radius 2 is 1.65 bits per heavy atom. The maximum atomic E-state index is 13.4. The van der Waals surface area contributed by atoms with Crippen LogP contribution in [0.25, 0.3) is 0 Å². The van der Waals surface area contributed by atoms with Crippen LogP contribution in [0.2, 0.25) is 0 Å². The Morgan fingerprint density at radius 1 is 1.00 bits per heavy atom. The molecule has 2 fully saturated rings. The number of amides is 1. The molecule has 136 valence electrons. The van der Waals surface area contributed by atoms with E-state index in [2.05, 4.69) is 9.88 Å². The van der Waals surface area contributed by atoms with E-state index in [1.807, 2.05) is 17.0 Å². The highest BCUT2D eigenvalue weighted by molar-refractivity contribution is 5.84. The van der Waals surface area contributed by atoms with Crippen LogP contribution in [0.4, 0.5) is 4.39 Å². The zero-order valence-electron chi connectivity index (χ0n) is 14.9. The zero-order valence-corrected chi connectivity index (χ0v) is 14.9. The molecule has 0 aliphatic carbocycles. The Labute approximate surface area is 153 Å². The Hall–Kier alpha value is -2.27. The molecule has 3 heterocycles. The third kappa shape index (κ3) is 3.49. The SMILES string of the molecule is O=C(C(c1ccc(F)cc1)N1CCCCC1)N1CC(c2ccncc2)C1. The second-order valence-corrected chi connectivity index (χ2v) is 7.27. The normalized spacial score (nSPS) is 19.8. The summed E-state index contributed by atoms with van der Waals surface area (Å²) < 4.78 is 13.4. The first-order chi connectivity index (χ1) is 12.7. The molecule has 1 unspecified atom stereocenters. The third-order valence-corrected chi connectivity index (χ3v) is 5.55. The van der Waals surface area contributed by atoms with Gasteiger partial charge in [-0.05, 0) is 61.3 Å². The molecule has 1 atom stereocenters. The number of carbonyl (C=O) groups excluding carboxylic acids is 1. The number of rotatable bonds is 4. The van der Waals surface area contributed by atoms with Crippen LogP contribution in [-0.2, 0) is 4.79 Å². The van der Waals surface area contributed by atoms with E-state index in [1.165, 1.54) is 24.1 Å². The van der Waals surface area contributed by atoms with Crippen LogP contribution in [0.1, 0.15) is 42.3 Å². The summed E-state index contributed by atoms with van der Waals surface area (Å²) >= 11 is 0. The molecule has 0 bridgehead atoms. The average Bonchev–Trinajstić information content (AvgIpc) is 2.64. The van der Waals surface area contributed by atoms with E-state index in [0.29, 0.717) is 5.92 Å². The van der Waals surface area contributed by atoms with Crippen LogP contribution in [0.5, 0.6) is 0 Å². The Kier molecular flexibility index (Phi) is 4.98. The van der Waals surface area contributed by atoms with E-state index in [4.69, 9.17) is 0 Å². The summed E-state index contributed by atoms with van der Waals surface area (Å²) in [5.41, 5.74) is 2.13. The second-order valence-electron chi connectivity index (χ2n) is 7.27. The Morgan fingerprint density at radius 3 is 2.31 bits per heavy atom. The summed E-state index contributed by atoms with van der Waals surface area (Å²) in [5, 5.41) is 0. The highest BCUT2D eigenvalue weighted by Gasteiger charge is 2.38. The standard InChI is InChI=1S/C21H24FN3O/c22-19-6-4-17(5-7-19)20(24-12-2-1-3-13-24)21(26)25-14-18(15-25)16-8-10-23-11-9-16/h4-11,18,20H,1-3,12-15H2. The van der Waals surface area contributed by atoms with Gasteiger partial charge in [-0.25, -0.2) is 4.39 Å². The summed E-state index contributed by atoms with van der Waals surface area (Å²) in [7, 11) is 0. The number of likely N-dealkylation sites (tertiary alicyclic amines) is 2. The van der Waals surface area contributed by atoms with E-state index in [-0.39, 0.29) is 17.8 Å². The van der Waals surface area contributed by atoms with Gasteiger partial charge < -0.3 is 4.90 Å². The maximum Gasteiger partial charge on any atom is 0.244 e. The Balaban J connectivity index is 1.50. The minimum atomic E-state index is -0.297. The summed E-state index contributed by atoms with van der Waals surface area (Å²) in [4.78, 5) is 21.5. The highest BCUT2D eigenvalue weighted by atomic mass is 19.1. The smallest absolute Gasteiger partial charge is 0.244 e. The first-order valence-corrected chi connectivity index (χ1v) is 9.40. The van der Waals surface area contributed by atoms with Gasteiger partial charge in [0.05, 0.1) is 0 Å². The second kappa shape index (κ2) is 7.54. The number of piperidine rings is 1. The lowest BCUT2D eigenvalue weighted by Gasteiger charge is -2.44. The molecule has 1 aromatic carbocycles. The Bertz CT molecular complexity index is 738. The molecule has 2 aliphatic rings. The lowest BCUT2D eigenvalue weighted by Crippen LogP contribution is -2.53. The van der Waals surface area contributed by atoms with Crippen molar-refractivity contribution in [3.8, 4) is 0 Å². The predicted octanol–water partition coefficient (Wildman–Crippen LogP) is 3.37. The molecule has 2 saturated heterocycles. The van der Waals surface area contributed by atoms with Crippen molar-refractivity contribution in [1.29, 1.82) is 0 Å². The summed E-state index contributed by atoms with van der Waals surface area (Å²) in [5.74, 6) is 0.265. The number of hydrogen-bond acceptors (Lipinski definition) is 3. The molecule has 4 nitrogen and oxygen atoms in total. The van der Waals surface area contributed by atoms with Crippen molar-refractivity contribution in [3.63, 3.8) is 0 Å². The van der Waals surface area contributed by atoms with Crippen molar-refractivity contribution < 1.29 is 9.18 Å². The number of carbonyl (C=O) groups is 1. The minimum Gasteiger partial charge on any atom is -0.340 e. The van der Waals surface area contributed by atoms with Gasteiger partial charge in [0.2, 0.25) is 5.91 Å². The quantitative estimate of drug-likeness (QED) is 0.846. The molecule has 1 amide bonds. The molecule has 1 aromatic heterocycles. The zero-order chi connectivity index (χ0) is 17.9. The largest absolute Gasteiger partial charge is 0.340 e. The van der Waals surface area contributed by atoms with E-state index in [9.17, 15) is 9.18 Å². The molecule has 26 heavy (non-hydrogen) atoms. The fraction of sp³-hybridized carbons (Fsp3) is 0.429. The fourth-order valence-electron chi connectivity index (χ4n) is 4.01. The first kappa shape index (κ1) is 17.2. The molecule has 0 saturated carbocycles. The lowest BCUT2D eigenvalue weighted by atomic mass is 9.90. The van der Waals surface area contributed by atoms with Crippen molar-refractivity contribution in [2.75, 3.05) is 26.2 Å². The highest BCUT2D eigenvalue weighted by Crippen LogP contribution is 2.33. The van der Waals surface area contributed by atoms with Crippen LogP contribution in [0, 0.1) is 5.82 Å². The topological polar surface area (TPSA) is 36.4 Å². The van der Waals surface area contributed by atoms with Crippen molar-refractivity contribution in [3.05, 3.63) is 65.7 Å². The number of pyridine rings is 1. The average molecular weight is 353 g/mol. The van der Waals surface area contributed by atoms with Crippen LogP contribution in [0.3, 0.4) is 0 Å². The van der Waals surface area contributed by atoms with Crippen molar-refractivity contribution >= 4 is 5.91 Å². The number of benzene rings is 1. The minimum absolute atomic E-state index is 0.142. The molecule has 0 N–H and O–H groups in total. The van der Waals surface area contributed by atoms with Crippen LogP contribution >= 0.6 is 0 Å². The van der Waals surface area contributed by atoms with Gasteiger partial charge in [0, 0.05) is 31.4 Å². The van der Waals surface area contributed by atoms with E-state index in [0.717, 1.165) is 44.6 Å². The molecule has 0 radical (unpaired) electrons. The van der Waals surface area contributed by atoms with Crippen molar-refractivity contribution in [2.45, 2.75) is 31.2 Å². The number of halogens is 1. The van der Waals surface area contributed by atoms with E-state index < -0.39 is 0 Å². The van der Waals surface area contributed by atoms with E-state index >= 15 is 0 Å². The van der Waals surface area contributed by atoms with Crippen LogP contribution in [-0.4, -0.2) is 46.9 Å². The van der Waals surface area contributed by atoms with Crippen molar-refractivity contribution in [1.82, 2.24) is 14.8 Å². The van der Waals surface area contributed by atoms with Crippen LogP contribution < -0.4 is 0 Å². The molecule has 4 rings (SSSR count). The first-order valence-electron chi connectivity index (χ1n) is 9.40. The number of aromatic nitrogens is 1. The van der Waals surface area contributed by atoms with E-state index in [1.54, 1.807) is 24.5 Å². The molecule has 2 aromatic rings. The van der Waals surface area contributed by atoms with Gasteiger partial charge in [-0.3, -0.25) is 14.7 Å². The van der Waals surface area contributed by atoms with Gasteiger partial charge in [0.1, 0.15) is 11.9 Å². The summed E-state index contributed by atoms with van der Waals surface area (Å²) in [6.45, 7) is 3.34. The maximum absolute atomic E-state index is 13.4. The monoisotopic (exact) mass is 353 g/mol. The molecule has 0 spiro atoms. The van der Waals surface area contributed by atoms with Gasteiger partial charge in [-0.2, -0.15) is 0 Å². The summed E-state index contributed by atoms with van der Waals surface area (Å²) in [6.07, 6.45) is 7.05. The van der Waals surface area contributed by atoms with Gasteiger partial charge >= 0.3 is 0 Å². The summed E-state index contributed by atoms with van der Waals surface area (Å²) in [6, 6.07) is 10.2. The molecular formula is C21H24FN3O. The fourth-order valence-corrected chi connectivity index (χ4v) is 4.01. The molecule has 5 heteroatoms. The van der Waals surface area contributed by atoms with Gasteiger partial charge in [0.15, 0.2) is 0 Å². The lowest BCUT2D eigenvalue weighted by molar-refractivity contribution is -0.142. The predicted molar refractivity (Wildman–Crippen MR) is 98.1 cm³/mol. The van der Waals surface area contributed by atoms with Gasteiger partial charge in [-0.15, -0.1) is 0 Å². The van der Waals surface area contributed by atoms with Gasteiger partial charge in [0.25, 0.3) is 0 Å². The van der Waals surface area contributed by atoms with Crippen LogP contribution in [0.15, 0.2) is 48.8 Å². The number of nitrogens with zero attached hydrogens (tertiary/aromatic N) is 3. The molecule has 2 aliphatic heterocycles. The van der Waals surface area contributed by atoms with Crippen molar-refractivity contribution in [2.24, 2.45) is 0 Å². The van der Waals surface area contributed by atoms with Gasteiger partial charge in [-0.1, -0.05) is 18.6 Å².